The fraction of sp³-hybridized carbons (Fsp3) is 0.389. The number of ether oxygens (including phenoxy) is 2. The van der Waals surface area contributed by atoms with E-state index in [1.807, 2.05) is 12.1 Å². The average Bonchev–Trinajstić information content (AvgIpc) is 2.98. The molecule has 27 heavy (non-hydrogen) atoms. The van der Waals surface area contributed by atoms with Crippen LogP contribution < -0.4 is 9.47 Å². The molecule has 1 fully saturated rings. The van der Waals surface area contributed by atoms with Gasteiger partial charge in [-0.1, -0.05) is 11.6 Å². The third-order valence-electron chi connectivity index (χ3n) is 4.08. The molecular weight excluding hydrogens is 496 g/mol. The summed E-state index contributed by atoms with van der Waals surface area (Å²) in [6.45, 7) is 2.59. The minimum atomic E-state index is -4.44. The first kappa shape index (κ1) is 20.5. The van der Waals surface area contributed by atoms with Gasteiger partial charge in [-0.3, -0.25) is 4.90 Å². The Bertz CT molecular complexity index is 759. The van der Waals surface area contributed by atoms with Gasteiger partial charge in [0.1, 0.15) is 23.8 Å². The summed E-state index contributed by atoms with van der Waals surface area (Å²) in [5.74, 6) is 1.09. The molecule has 0 spiro atoms. The first-order valence-electron chi connectivity index (χ1n) is 8.25. The standard InChI is InChI=1S/C18H17ClF3IN2O2/c19-13-1-3-14(4-2-13)27-17(23)7-8-25(12-17)9-10-26-15-5-6-16(24-11-15)18(20,21)22/h1-6,11H,7-10,12H2. The summed E-state index contributed by atoms with van der Waals surface area (Å²) in [5, 5.41) is 0.660. The van der Waals surface area contributed by atoms with Crippen LogP contribution in [0.15, 0.2) is 42.6 Å². The third kappa shape index (κ3) is 5.86. The molecule has 4 nitrogen and oxygen atoms in total. The van der Waals surface area contributed by atoms with E-state index in [1.54, 1.807) is 12.1 Å². The van der Waals surface area contributed by atoms with E-state index < -0.39 is 11.9 Å². The van der Waals surface area contributed by atoms with Gasteiger partial charge in [0.15, 0.2) is 3.61 Å². The topological polar surface area (TPSA) is 34.6 Å². The fourth-order valence-corrected chi connectivity index (χ4v) is 3.83. The summed E-state index contributed by atoms with van der Waals surface area (Å²) in [6.07, 6.45) is -2.49. The lowest BCUT2D eigenvalue weighted by molar-refractivity contribution is -0.141. The zero-order valence-electron chi connectivity index (χ0n) is 14.2. The van der Waals surface area contributed by atoms with Gasteiger partial charge in [0.2, 0.25) is 0 Å². The van der Waals surface area contributed by atoms with Crippen LogP contribution in [0.5, 0.6) is 11.5 Å². The monoisotopic (exact) mass is 512 g/mol. The van der Waals surface area contributed by atoms with Crippen molar-refractivity contribution in [3.8, 4) is 11.5 Å². The highest BCUT2D eigenvalue weighted by Gasteiger charge is 2.37. The molecule has 0 aliphatic carbocycles. The lowest BCUT2D eigenvalue weighted by Crippen LogP contribution is -2.34. The molecule has 146 valence electrons. The van der Waals surface area contributed by atoms with E-state index >= 15 is 0 Å². The van der Waals surface area contributed by atoms with E-state index in [4.69, 9.17) is 21.1 Å². The summed E-state index contributed by atoms with van der Waals surface area (Å²) in [7, 11) is 0. The van der Waals surface area contributed by atoms with Gasteiger partial charge in [-0.25, -0.2) is 4.98 Å². The number of rotatable bonds is 6. The average molecular weight is 513 g/mol. The van der Waals surface area contributed by atoms with Crippen LogP contribution in [0.4, 0.5) is 13.2 Å². The van der Waals surface area contributed by atoms with Gasteiger partial charge >= 0.3 is 6.18 Å². The molecule has 1 unspecified atom stereocenters. The fourth-order valence-electron chi connectivity index (χ4n) is 2.73. The van der Waals surface area contributed by atoms with Crippen molar-refractivity contribution in [1.29, 1.82) is 0 Å². The lowest BCUT2D eigenvalue weighted by atomic mass is 10.3. The van der Waals surface area contributed by atoms with Gasteiger partial charge in [0.05, 0.1) is 6.20 Å². The van der Waals surface area contributed by atoms with E-state index in [1.165, 1.54) is 6.07 Å². The zero-order valence-corrected chi connectivity index (χ0v) is 17.1. The Hall–Kier alpha value is -1.26. The lowest BCUT2D eigenvalue weighted by Gasteiger charge is -2.24. The maximum atomic E-state index is 12.5. The summed E-state index contributed by atoms with van der Waals surface area (Å²) >= 11 is 8.20. The first-order chi connectivity index (χ1) is 12.7. The van der Waals surface area contributed by atoms with Crippen LogP contribution in [0.3, 0.4) is 0 Å². The Kier molecular flexibility index (Phi) is 6.37. The molecule has 0 amide bonds. The van der Waals surface area contributed by atoms with E-state index in [0.717, 1.165) is 37.5 Å². The van der Waals surface area contributed by atoms with Crippen molar-refractivity contribution in [2.24, 2.45) is 0 Å². The van der Waals surface area contributed by atoms with Crippen molar-refractivity contribution in [2.75, 3.05) is 26.2 Å². The van der Waals surface area contributed by atoms with Crippen LogP contribution in [0.1, 0.15) is 12.1 Å². The van der Waals surface area contributed by atoms with Gasteiger partial charge in [0, 0.05) is 31.1 Å². The van der Waals surface area contributed by atoms with E-state index in [-0.39, 0.29) is 3.61 Å². The van der Waals surface area contributed by atoms with Crippen LogP contribution in [-0.4, -0.2) is 39.7 Å². The minimum absolute atomic E-state index is 0.320. The molecular formula is C18H17ClF3IN2O2. The van der Waals surface area contributed by atoms with Gasteiger partial charge in [-0.2, -0.15) is 13.2 Å². The third-order valence-corrected chi connectivity index (χ3v) is 5.43. The van der Waals surface area contributed by atoms with Crippen molar-refractivity contribution in [3.05, 3.63) is 53.3 Å². The normalized spacial score (nSPS) is 20.6. The highest BCUT2D eigenvalue weighted by molar-refractivity contribution is 14.1. The molecule has 0 bridgehead atoms. The second-order valence-electron chi connectivity index (χ2n) is 6.19. The van der Waals surface area contributed by atoms with Crippen molar-refractivity contribution in [3.63, 3.8) is 0 Å². The largest absolute Gasteiger partial charge is 0.491 e. The molecule has 0 radical (unpaired) electrons. The SMILES string of the molecule is FC(F)(F)c1ccc(OCCN2CCC(I)(Oc3ccc(Cl)cc3)C2)cn1. The molecule has 1 aliphatic heterocycles. The number of likely N-dealkylation sites (tertiary alicyclic amines) is 1. The number of halogens is 5. The van der Waals surface area contributed by atoms with Gasteiger partial charge < -0.3 is 9.47 Å². The maximum absolute atomic E-state index is 12.5. The molecule has 0 N–H and O–H groups in total. The molecule has 1 saturated heterocycles. The van der Waals surface area contributed by atoms with Crippen LogP contribution in [0.25, 0.3) is 0 Å². The van der Waals surface area contributed by atoms with Crippen molar-refractivity contribution < 1.29 is 22.6 Å². The number of hydrogen-bond donors (Lipinski definition) is 0. The molecule has 0 saturated carbocycles. The van der Waals surface area contributed by atoms with Crippen LogP contribution in [0.2, 0.25) is 5.02 Å². The molecule has 9 heteroatoms. The first-order valence-corrected chi connectivity index (χ1v) is 9.71. The molecule has 2 aromatic rings. The maximum Gasteiger partial charge on any atom is 0.433 e. The Balaban J connectivity index is 1.45. The molecule has 1 aliphatic rings. The van der Waals surface area contributed by atoms with Crippen molar-refractivity contribution in [1.82, 2.24) is 9.88 Å². The van der Waals surface area contributed by atoms with E-state index in [2.05, 4.69) is 32.5 Å². The van der Waals surface area contributed by atoms with Crippen LogP contribution >= 0.6 is 34.2 Å². The van der Waals surface area contributed by atoms with E-state index in [9.17, 15) is 13.2 Å². The number of nitrogens with zero attached hydrogens (tertiary/aromatic N) is 2. The van der Waals surface area contributed by atoms with Crippen molar-refractivity contribution in [2.45, 2.75) is 16.2 Å². The Labute approximate surface area is 173 Å². The second kappa shape index (κ2) is 8.40. The number of alkyl halides is 4. The highest BCUT2D eigenvalue weighted by atomic mass is 127. The van der Waals surface area contributed by atoms with Crippen molar-refractivity contribution >= 4 is 34.2 Å². The molecule has 1 aromatic heterocycles. The number of benzene rings is 1. The second-order valence-corrected chi connectivity index (χ2v) is 8.59. The molecule has 1 aromatic carbocycles. The smallest absolute Gasteiger partial charge is 0.433 e. The minimum Gasteiger partial charge on any atom is -0.491 e. The van der Waals surface area contributed by atoms with Gasteiger partial charge in [-0.05, 0) is 59.0 Å². The molecule has 3 rings (SSSR count). The van der Waals surface area contributed by atoms with Crippen LogP contribution in [0, 0.1) is 0 Å². The van der Waals surface area contributed by atoms with E-state index in [0.29, 0.717) is 23.9 Å². The van der Waals surface area contributed by atoms with Gasteiger partial charge in [0.25, 0.3) is 0 Å². The summed E-state index contributed by atoms with van der Waals surface area (Å²) < 4.78 is 48.7. The van der Waals surface area contributed by atoms with Gasteiger partial charge in [-0.15, -0.1) is 0 Å². The predicted octanol–water partition coefficient (Wildman–Crippen LogP) is 5.05. The Morgan fingerprint density at radius 3 is 2.48 bits per heavy atom. The highest BCUT2D eigenvalue weighted by Crippen LogP contribution is 2.34. The molecule has 2 heterocycles. The quantitative estimate of drug-likeness (QED) is 0.401. The summed E-state index contributed by atoms with van der Waals surface area (Å²) in [5.41, 5.74) is -0.927. The Morgan fingerprint density at radius 2 is 1.85 bits per heavy atom. The predicted molar refractivity (Wildman–Crippen MR) is 105 cm³/mol. The zero-order chi connectivity index (χ0) is 19.5. The number of aromatic nitrogens is 1. The van der Waals surface area contributed by atoms with Crippen LogP contribution in [-0.2, 0) is 6.18 Å². The summed E-state index contributed by atoms with van der Waals surface area (Å²) in [4.78, 5) is 5.58. The molecule has 1 atom stereocenters. The number of hydrogen-bond acceptors (Lipinski definition) is 4. The summed E-state index contributed by atoms with van der Waals surface area (Å²) in [6, 6.07) is 9.45. The number of pyridine rings is 1. The Morgan fingerprint density at radius 1 is 1.15 bits per heavy atom.